The van der Waals surface area contributed by atoms with Gasteiger partial charge in [0.1, 0.15) is 11.8 Å². The van der Waals surface area contributed by atoms with Crippen LogP contribution in [0.5, 0.6) is 0 Å². The van der Waals surface area contributed by atoms with Gasteiger partial charge < -0.3 is 20.1 Å². The molecule has 0 aliphatic carbocycles. The van der Waals surface area contributed by atoms with Crippen LogP contribution in [-0.2, 0) is 13.5 Å². The van der Waals surface area contributed by atoms with Gasteiger partial charge in [-0.25, -0.2) is 15.0 Å². The summed E-state index contributed by atoms with van der Waals surface area (Å²) in [6.07, 6.45) is 5.55. The van der Waals surface area contributed by atoms with Crippen molar-refractivity contribution in [2.45, 2.75) is 32.7 Å². The molecule has 0 saturated carbocycles. The van der Waals surface area contributed by atoms with Crippen molar-refractivity contribution in [1.82, 2.24) is 34.6 Å². The molecule has 4 heterocycles. The van der Waals surface area contributed by atoms with E-state index in [1.165, 1.54) is 5.56 Å². The van der Waals surface area contributed by atoms with Gasteiger partial charge in [-0.2, -0.15) is 0 Å². The fraction of sp³-hybridized carbons (Fsp3) is 0.375. The van der Waals surface area contributed by atoms with Crippen LogP contribution < -0.4 is 10.6 Å². The Hall–Kier alpha value is -3.59. The SMILES string of the molecule is CCCc1cc(-c2nncn2C)ccc1Nc1ncc2cc(C)nc(NC3CN(C)C3)c2n1. The van der Waals surface area contributed by atoms with E-state index in [9.17, 15) is 0 Å². The molecular formula is C24H29N9. The van der Waals surface area contributed by atoms with E-state index < -0.39 is 0 Å². The number of hydrogen-bond donors (Lipinski definition) is 2. The van der Waals surface area contributed by atoms with Gasteiger partial charge in [0.15, 0.2) is 11.6 Å². The van der Waals surface area contributed by atoms with Gasteiger partial charge in [-0.05, 0) is 50.2 Å². The summed E-state index contributed by atoms with van der Waals surface area (Å²) in [6.45, 7) is 6.19. The van der Waals surface area contributed by atoms with E-state index in [0.29, 0.717) is 12.0 Å². The average molecular weight is 444 g/mol. The lowest BCUT2D eigenvalue weighted by molar-refractivity contribution is 0.205. The number of aromatic nitrogens is 6. The highest BCUT2D eigenvalue weighted by Crippen LogP contribution is 2.28. The first-order valence-electron chi connectivity index (χ1n) is 11.3. The van der Waals surface area contributed by atoms with Crippen LogP contribution in [0.2, 0.25) is 0 Å². The zero-order valence-electron chi connectivity index (χ0n) is 19.5. The second-order valence-corrected chi connectivity index (χ2v) is 8.82. The third-order valence-electron chi connectivity index (χ3n) is 5.94. The summed E-state index contributed by atoms with van der Waals surface area (Å²) in [6, 6.07) is 8.71. The number of rotatable bonds is 7. The molecule has 9 nitrogen and oxygen atoms in total. The summed E-state index contributed by atoms with van der Waals surface area (Å²) < 4.78 is 1.92. The topological polar surface area (TPSA) is 96.7 Å². The summed E-state index contributed by atoms with van der Waals surface area (Å²) in [7, 11) is 4.07. The van der Waals surface area contributed by atoms with Crippen LogP contribution in [-0.4, -0.2) is 60.8 Å². The lowest BCUT2D eigenvalue weighted by Gasteiger charge is -2.37. The van der Waals surface area contributed by atoms with E-state index in [2.05, 4.69) is 62.9 Å². The van der Waals surface area contributed by atoms with E-state index in [1.54, 1.807) is 6.33 Å². The minimum Gasteiger partial charge on any atom is -0.363 e. The van der Waals surface area contributed by atoms with Crippen molar-refractivity contribution in [3.8, 4) is 11.4 Å². The van der Waals surface area contributed by atoms with E-state index >= 15 is 0 Å². The second-order valence-electron chi connectivity index (χ2n) is 8.82. The van der Waals surface area contributed by atoms with E-state index in [1.807, 2.05) is 30.8 Å². The smallest absolute Gasteiger partial charge is 0.227 e. The molecule has 0 bridgehead atoms. The Bertz CT molecular complexity index is 1290. The maximum absolute atomic E-state index is 4.84. The van der Waals surface area contributed by atoms with Gasteiger partial charge >= 0.3 is 0 Å². The number of nitrogens with zero attached hydrogens (tertiary/aromatic N) is 7. The van der Waals surface area contributed by atoms with Crippen molar-refractivity contribution < 1.29 is 0 Å². The maximum Gasteiger partial charge on any atom is 0.227 e. The Morgan fingerprint density at radius 3 is 2.70 bits per heavy atom. The molecule has 0 amide bonds. The van der Waals surface area contributed by atoms with Gasteiger partial charge in [-0.3, -0.25) is 0 Å². The summed E-state index contributed by atoms with van der Waals surface area (Å²) in [5.41, 5.74) is 5.02. The number of aryl methyl sites for hydroxylation is 3. The Morgan fingerprint density at radius 2 is 1.97 bits per heavy atom. The minimum atomic E-state index is 0.392. The molecule has 1 saturated heterocycles. The summed E-state index contributed by atoms with van der Waals surface area (Å²) >= 11 is 0. The molecular weight excluding hydrogens is 414 g/mol. The van der Waals surface area contributed by atoms with Gasteiger partial charge in [0.25, 0.3) is 0 Å². The van der Waals surface area contributed by atoms with Gasteiger partial charge in [0.2, 0.25) is 5.95 Å². The number of anilines is 3. The van der Waals surface area contributed by atoms with Gasteiger partial charge in [-0.15, -0.1) is 10.2 Å². The normalized spacial score (nSPS) is 14.4. The zero-order valence-corrected chi connectivity index (χ0v) is 19.5. The van der Waals surface area contributed by atoms with Crippen LogP contribution in [0.15, 0.2) is 36.8 Å². The van der Waals surface area contributed by atoms with Crippen LogP contribution in [0.4, 0.5) is 17.5 Å². The van der Waals surface area contributed by atoms with Crippen molar-refractivity contribution in [3.63, 3.8) is 0 Å². The molecule has 3 aromatic heterocycles. The van der Waals surface area contributed by atoms with E-state index in [0.717, 1.165) is 65.4 Å². The van der Waals surface area contributed by atoms with Gasteiger partial charge in [-0.1, -0.05) is 13.3 Å². The summed E-state index contributed by atoms with van der Waals surface area (Å²) in [4.78, 5) is 16.4. The van der Waals surface area contributed by atoms with Crippen LogP contribution in [0.25, 0.3) is 22.3 Å². The number of fused-ring (bicyclic) bond motifs is 1. The van der Waals surface area contributed by atoms with Crippen molar-refractivity contribution in [2.24, 2.45) is 7.05 Å². The molecule has 1 aliphatic rings. The Labute approximate surface area is 193 Å². The number of hydrogen-bond acceptors (Lipinski definition) is 8. The Kier molecular flexibility index (Phi) is 5.63. The van der Waals surface area contributed by atoms with E-state index in [4.69, 9.17) is 9.97 Å². The third kappa shape index (κ3) is 4.36. The molecule has 2 N–H and O–H groups in total. The van der Waals surface area contributed by atoms with Crippen LogP contribution in [0.1, 0.15) is 24.6 Å². The van der Waals surface area contributed by atoms with Crippen molar-refractivity contribution in [1.29, 1.82) is 0 Å². The van der Waals surface area contributed by atoms with Gasteiger partial charge in [0.05, 0.1) is 6.04 Å². The maximum atomic E-state index is 4.84. The van der Waals surface area contributed by atoms with E-state index in [-0.39, 0.29) is 0 Å². The number of likely N-dealkylation sites (N-methyl/N-ethyl adjacent to an activating group) is 1. The first-order chi connectivity index (χ1) is 16.0. The molecule has 5 rings (SSSR count). The first kappa shape index (κ1) is 21.3. The number of pyridine rings is 1. The highest BCUT2D eigenvalue weighted by atomic mass is 15.3. The molecule has 4 aromatic rings. The van der Waals surface area contributed by atoms with Crippen molar-refractivity contribution >= 4 is 28.4 Å². The van der Waals surface area contributed by atoms with Gasteiger partial charge in [0, 0.05) is 48.7 Å². The number of likely N-dealkylation sites (tertiary alicyclic amines) is 1. The van der Waals surface area contributed by atoms with Crippen molar-refractivity contribution in [3.05, 3.63) is 48.0 Å². The van der Waals surface area contributed by atoms with Crippen LogP contribution in [0, 0.1) is 6.92 Å². The number of nitrogens with one attached hydrogen (secondary N) is 2. The fourth-order valence-electron chi connectivity index (χ4n) is 4.31. The molecule has 1 aromatic carbocycles. The molecule has 0 radical (unpaired) electrons. The largest absolute Gasteiger partial charge is 0.363 e. The number of benzene rings is 1. The average Bonchev–Trinajstić information content (AvgIpc) is 3.20. The molecule has 33 heavy (non-hydrogen) atoms. The quantitative estimate of drug-likeness (QED) is 0.448. The standard InChI is InChI=1S/C24H29N9/c1-5-6-16-10-17(23-31-26-14-33(23)4)7-8-20(16)29-24-25-11-18-9-15(2)27-22(21(18)30-24)28-19-12-32(3)13-19/h7-11,14,19H,5-6,12-13H2,1-4H3,(H,27,28)(H,25,29,30). The second kappa shape index (κ2) is 8.74. The molecule has 170 valence electrons. The predicted octanol–water partition coefficient (Wildman–Crippen LogP) is 3.55. The van der Waals surface area contributed by atoms with Crippen molar-refractivity contribution in [2.75, 3.05) is 30.8 Å². The van der Waals surface area contributed by atoms with Crippen LogP contribution in [0.3, 0.4) is 0 Å². The molecule has 1 aliphatic heterocycles. The van der Waals surface area contributed by atoms with Crippen LogP contribution >= 0.6 is 0 Å². The third-order valence-corrected chi connectivity index (χ3v) is 5.94. The highest BCUT2D eigenvalue weighted by Gasteiger charge is 2.24. The lowest BCUT2D eigenvalue weighted by Crippen LogP contribution is -2.52. The Morgan fingerprint density at radius 1 is 1.12 bits per heavy atom. The lowest BCUT2D eigenvalue weighted by atomic mass is 10.0. The summed E-state index contributed by atoms with van der Waals surface area (Å²) in [5, 5.41) is 16.2. The monoisotopic (exact) mass is 443 g/mol. The molecule has 9 heteroatoms. The first-order valence-corrected chi connectivity index (χ1v) is 11.3. The summed E-state index contributed by atoms with van der Waals surface area (Å²) in [5.74, 6) is 2.23. The minimum absolute atomic E-state index is 0.392. The molecule has 0 atom stereocenters. The molecule has 0 unspecified atom stereocenters. The molecule has 0 spiro atoms. The molecule has 1 fully saturated rings. The fourth-order valence-corrected chi connectivity index (χ4v) is 4.31. The Balaban J connectivity index is 1.47. The zero-order chi connectivity index (χ0) is 22.9. The highest BCUT2D eigenvalue weighted by molar-refractivity contribution is 5.89. The predicted molar refractivity (Wildman–Crippen MR) is 131 cm³/mol.